The van der Waals surface area contributed by atoms with E-state index in [0.717, 1.165) is 6.07 Å². The van der Waals surface area contributed by atoms with Crippen molar-refractivity contribution in [1.82, 2.24) is 20.1 Å². The normalized spacial score (nSPS) is 14.8. The predicted molar refractivity (Wildman–Crippen MR) is 110 cm³/mol. The monoisotopic (exact) mass is 442 g/mol. The van der Waals surface area contributed by atoms with E-state index in [2.05, 4.69) is 15.2 Å². The minimum absolute atomic E-state index is 0.0465. The number of hydrogen-bond acceptors (Lipinski definition) is 7. The summed E-state index contributed by atoms with van der Waals surface area (Å²) < 4.78 is 19.1. The molecule has 0 radical (unpaired) electrons. The number of anilines is 2. The number of hydrogen-bond donors (Lipinski definition) is 1. The van der Waals surface area contributed by atoms with Gasteiger partial charge in [-0.2, -0.15) is 4.98 Å². The Hall–Kier alpha value is -2.39. The first-order chi connectivity index (χ1) is 13.5. The van der Waals surface area contributed by atoms with Crippen molar-refractivity contribution in [2.75, 3.05) is 36.8 Å². The lowest BCUT2D eigenvalue weighted by Crippen LogP contribution is -2.50. The maximum atomic E-state index is 13.7. The van der Waals surface area contributed by atoms with Gasteiger partial charge in [0.1, 0.15) is 17.1 Å². The Kier molecular flexibility index (Phi) is 6.00. The average molecular weight is 443 g/mol. The van der Waals surface area contributed by atoms with E-state index < -0.39 is 11.4 Å². The topological polar surface area (TPSA) is 97.5 Å². The molecule has 1 saturated heterocycles. The molecule has 11 heteroatoms. The summed E-state index contributed by atoms with van der Waals surface area (Å²) >= 11 is 12.1. The van der Waals surface area contributed by atoms with Gasteiger partial charge in [-0.3, -0.25) is 0 Å². The average Bonchev–Trinajstić information content (AvgIpc) is 2.63. The summed E-state index contributed by atoms with van der Waals surface area (Å²) in [5.74, 6) is -0.209. The van der Waals surface area contributed by atoms with Gasteiger partial charge in [0.05, 0.1) is 10.0 Å². The number of piperazine rings is 1. The molecule has 0 atom stereocenters. The van der Waals surface area contributed by atoms with Gasteiger partial charge in [0.2, 0.25) is 5.95 Å². The molecular weight excluding hydrogens is 422 g/mol. The minimum atomic E-state index is -0.571. The SMILES string of the molecule is CC(C)(C)OC(=O)N1CCN(c2nnc(-c3cc(F)cc(Cl)c3Cl)c(N)n2)CC1. The largest absolute Gasteiger partial charge is 0.444 e. The summed E-state index contributed by atoms with van der Waals surface area (Å²) in [6.45, 7) is 7.35. The molecule has 1 aliphatic rings. The summed E-state index contributed by atoms with van der Waals surface area (Å²) in [5, 5.41) is 8.34. The van der Waals surface area contributed by atoms with Gasteiger partial charge in [-0.15, -0.1) is 10.2 Å². The fourth-order valence-corrected chi connectivity index (χ4v) is 3.20. The van der Waals surface area contributed by atoms with Crippen molar-refractivity contribution in [2.24, 2.45) is 0 Å². The van der Waals surface area contributed by atoms with Gasteiger partial charge < -0.3 is 20.3 Å². The number of amides is 1. The lowest BCUT2D eigenvalue weighted by atomic mass is 10.1. The van der Waals surface area contributed by atoms with Gasteiger partial charge in [-0.05, 0) is 32.9 Å². The molecule has 0 saturated carbocycles. The molecule has 1 amide bonds. The number of nitrogens with zero attached hydrogens (tertiary/aromatic N) is 5. The Labute approximate surface area is 177 Å². The van der Waals surface area contributed by atoms with Crippen molar-refractivity contribution in [3.05, 3.63) is 28.0 Å². The quantitative estimate of drug-likeness (QED) is 0.708. The number of nitrogen functional groups attached to an aromatic ring is 1. The molecule has 0 aliphatic carbocycles. The van der Waals surface area contributed by atoms with E-state index in [-0.39, 0.29) is 33.2 Å². The van der Waals surface area contributed by atoms with Crippen LogP contribution in [0.25, 0.3) is 11.3 Å². The molecule has 1 fully saturated rings. The van der Waals surface area contributed by atoms with Crippen LogP contribution in [0.5, 0.6) is 0 Å². The highest BCUT2D eigenvalue weighted by Gasteiger charge is 2.27. The molecule has 0 unspecified atom stereocenters. The van der Waals surface area contributed by atoms with Crippen LogP contribution in [0.4, 0.5) is 21.0 Å². The van der Waals surface area contributed by atoms with Crippen LogP contribution in [0, 0.1) is 5.82 Å². The number of halogens is 3. The molecule has 2 heterocycles. The fourth-order valence-electron chi connectivity index (χ4n) is 2.80. The fraction of sp³-hybridized carbons (Fsp3) is 0.444. The van der Waals surface area contributed by atoms with E-state index in [0.29, 0.717) is 32.1 Å². The second-order valence-corrected chi connectivity index (χ2v) is 8.33. The van der Waals surface area contributed by atoms with Crippen molar-refractivity contribution < 1.29 is 13.9 Å². The number of carbonyl (C=O) groups excluding carboxylic acids is 1. The van der Waals surface area contributed by atoms with Crippen LogP contribution in [-0.4, -0.2) is 58.0 Å². The van der Waals surface area contributed by atoms with Crippen LogP contribution < -0.4 is 10.6 Å². The zero-order chi connectivity index (χ0) is 21.3. The van der Waals surface area contributed by atoms with E-state index in [1.165, 1.54) is 6.07 Å². The van der Waals surface area contributed by atoms with Gasteiger partial charge >= 0.3 is 6.09 Å². The molecule has 2 N–H and O–H groups in total. The minimum Gasteiger partial charge on any atom is -0.444 e. The first-order valence-corrected chi connectivity index (χ1v) is 9.69. The standard InChI is InChI=1S/C18H21Cl2FN6O2/c1-18(2,3)29-17(28)27-6-4-26(5-7-27)16-23-15(22)14(24-25-16)11-8-10(21)9-12(19)13(11)20/h8-9H,4-7H2,1-3H3,(H2,22,23,25). The molecule has 0 bridgehead atoms. The van der Waals surface area contributed by atoms with Crippen molar-refractivity contribution in [2.45, 2.75) is 26.4 Å². The molecule has 1 aromatic heterocycles. The summed E-state index contributed by atoms with van der Waals surface area (Å²) in [6.07, 6.45) is -0.358. The number of benzene rings is 1. The van der Waals surface area contributed by atoms with Crippen LogP contribution in [0.2, 0.25) is 10.0 Å². The Morgan fingerprint density at radius 1 is 1.17 bits per heavy atom. The van der Waals surface area contributed by atoms with E-state index in [9.17, 15) is 9.18 Å². The van der Waals surface area contributed by atoms with Gasteiger partial charge in [0.25, 0.3) is 0 Å². The molecule has 8 nitrogen and oxygen atoms in total. The Bertz CT molecular complexity index is 929. The van der Waals surface area contributed by atoms with E-state index in [1.807, 2.05) is 25.7 Å². The summed E-state index contributed by atoms with van der Waals surface area (Å²) in [5.41, 5.74) is 5.84. The van der Waals surface area contributed by atoms with Crippen molar-refractivity contribution in [3.8, 4) is 11.3 Å². The zero-order valence-corrected chi connectivity index (χ0v) is 17.8. The molecule has 2 aromatic rings. The second-order valence-electron chi connectivity index (χ2n) is 7.55. The lowest BCUT2D eigenvalue weighted by molar-refractivity contribution is 0.0240. The zero-order valence-electron chi connectivity index (χ0n) is 16.2. The van der Waals surface area contributed by atoms with E-state index >= 15 is 0 Å². The Morgan fingerprint density at radius 2 is 1.83 bits per heavy atom. The first kappa shape index (κ1) is 21.3. The van der Waals surface area contributed by atoms with E-state index in [4.69, 9.17) is 33.7 Å². The third-order valence-corrected chi connectivity index (χ3v) is 4.97. The van der Waals surface area contributed by atoms with Crippen molar-refractivity contribution in [3.63, 3.8) is 0 Å². The summed E-state index contributed by atoms with van der Waals surface area (Å²) in [7, 11) is 0. The van der Waals surface area contributed by atoms with Gasteiger partial charge in [-0.25, -0.2) is 9.18 Å². The predicted octanol–water partition coefficient (Wildman–Crippen LogP) is 3.62. The molecule has 156 valence electrons. The highest BCUT2D eigenvalue weighted by molar-refractivity contribution is 6.43. The Balaban J connectivity index is 1.73. The third-order valence-electron chi connectivity index (χ3n) is 4.16. The van der Waals surface area contributed by atoms with Crippen LogP contribution in [0.1, 0.15) is 20.8 Å². The van der Waals surface area contributed by atoms with Gasteiger partial charge in [-0.1, -0.05) is 23.2 Å². The molecule has 1 aliphatic heterocycles. The van der Waals surface area contributed by atoms with Gasteiger partial charge in [0, 0.05) is 31.7 Å². The first-order valence-electron chi connectivity index (χ1n) is 8.93. The van der Waals surface area contributed by atoms with Crippen LogP contribution >= 0.6 is 23.2 Å². The lowest BCUT2D eigenvalue weighted by Gasteiger charge is -2.35. The van der Waals surface area contributed by atoms with Crippen LogP contribution in [0.15, 0.2) is 12.1 Å². The van der Waals surface area contributed by atoms with Gasteiger partial charge in [0.15, 0.2) is 5.82 Å². The molecule has 1 aromatic carbocycles. The molecule has 0 spiro atoms. The summed E-state index contributed by atoms with van der Waals surface area (Å²) in [6, 6.07) is 2.28. The Morgan fingerprint density at radius 3 is 2.41 bits per heavy atom. The maximum absolute atomic E-state index is 13.7. The van der Waals surface area contributed by atoms with Crippen molar-refractivity contribution >= 4 is 41.1 Å². The van der Waals surface area contributed by atoms with Crippen molar-refractivity contribution in [1.29, 1.82) is 0 Å². The number of rotatable bonds is 2. The van der Waals surface area contributed by atoms with E-state index in [1.54, 1.807) is 4.90 Å². The number of ether oxygens (including phenoxy) is 1. The number of nitrogens with two attached hydrogens (primary N) is 1. The third kappa shape index (κ3) is 4.97. The molecular formula is C18H21Cl2FN6O2. The second kappa shape index (κ2) is 8.16. The van der Waals surface area contributed by atoms with Crippen LogP contribution in [-0.2, 0) is 4.74 Å². The summed E-state index contributed by atoms with van der Waals surface area (Å²) in [4.78, 5) is 19.9. The smallest absolute Gasteiger partial charge is 0.410 e. The highest BCUT2D eigenvalue weighted by atomic mass is 35.5. The number of carbonyl (C=O) groups is 1. The highest BCUT2D eigenvalue weighted by Crippen LogP contribution is 2.35. The molecule has 29 heavy (non-hydrogen) atoms. The molecule has 3 rings (SSSR count). The maximum Gasteiger partial charge on any atom is 0.410 e. The van der Waals surface area contributed by atoms with Crippen LogP contribution in [0.3, 0.4) is 0 Å². The number of aromatic nitrogens is 3.